The maximum Gasteiger partial charge on any atom is 0.143 e. The SMILES string of the molecule is CC12Nc3ccccc3N1C(c1ccc3cc(-c4cc(-c5ccc6ccccc6c5)cc(-c5ccc6ccccc6c5)c4)ccc3c1)=Nc1ccccc12. The molecule has 0 spiro atoms. The van der Waals surface area contributed by atoms with Crippen molar-refractivity contribution < 1.29 is 0 Å². The lowest BCUT2D eigenvalue weighted by atomic mass is 9.91. The number of fused-ring (bicyclic) bond motifs is 8. The van der Waals surface area contributed by atoms with Crippen LogP contribution in [0.25, 0.3) is 65.7 Å². The third kappa shape index (κ3) is 4.86. The second-order valence-corrected chi connectivity index (χ2v) is 14.7. The monoisotopic (exact) mass is 689 g/mol. The van der Waals surface area contributed by atoms with Crippen LogP contribution >= 0.6 is 0 Å². The van der Waals surface area contributed by atoms with Crippen LogP contribution in [0.1, 0.15) is 18.1 Å². The molecule has 0 bridgehead atoms. The molecule has 2 aliphatic rings. The molecule has 2 heterocycles. The van der Waals surface area contributed by atoms with Gasteiger partial charge in [-0.05, 0) is 133 Å². The van der Waals surface area contributed by atoms with E-state index in [0.717, 1.165) is 28.5 Å². The topological polar surface area (TPSA) is 27.6 Å². The average molecular weight is 690 g/mol. The lowest BCUT2D eigenvalue weighted by molar-refractivity contribution is 0.582. The number of para-hydroxylation sites is 3. The highest BCUT2D eigenvalue weighted by atomic mass is 15.4. The number of hydrogen-bond donors (Lipinski definition) is 1. The van der Waals surface area contributed by atoms with E-state index in [2.05, 4.69) is 205 Å². The van der Waals surface area contributed by atoms with Gasteiger partial charge < -0.3 is 5.32 Å². The number of anilines is 2. The second-order valence-electron chi connectivity index (χ2n) is 14.7. The smallest absolute Gasteiger partial charge is 0.143 e. The van der Waals surface area contributed by atoms with Gasteiger partial charge in [-0.1, -0.05) is 127 Å². The number of benzene rings is 9. The number of hydrogen-bond acceptors (Lipinski definition) is 3. The van der Waals surface area contributed by atoms with E-state index in [9.17, 15) is 0 Å². The molecule has 3 heteroatoms. The Bertz CT molecular complexity index is 2910. The molecule has 9 aromatic rings. The van der Waals surface area contributed by atoms with Gasteiger partial charge in [0.05, 0.1) is 17.1 Å². The summed E-state index contributed by atoms with van der Waals surface area (Å²) in [6, 6.07) is 68.4. The first-order valence-corrected chi connectivity index (χ1v) is 18.6. The molecule has 2 aliphatic heterocycles. The van der Waals surface area contributed by atoms with Crippen LogP contribution in [0, 0.1) is 0 Å². The van der Waals surface area contributed by atoms with Gasteiger partial charge in [0, 0.05) is 11.1 Å². The largest absolute Gasteiger partial charge is 0.357 e. The molecular weight excluding hydrogens is 655 g/mol. The van der Waals surface area contributed by atoms with E-state index in [1.54, 1.807) is 0 Å². The number of nitrogens with zero attached hydrogens (tertiary/aromatic N) is 2. The Morgan fingerprint density at radius 2 is 0.852 bits per heavy atom. The Labute approximate surface area is 314 Å². The van der Waals surface area contributed by atoms with E-state index in [0.29, 0.717) is 0 Å². The lowest BCUT2D eigenvalue weighted by Gasteiger charge is -2.41. The van der Waals surface area contributed by atoms with Gasteiger partial charge in [-0.3, -0.25) is 4.90 Å². The highest BCUT2D eigenvalue weighted by Crippen LogP contribution is 2.51. The van der Waals surface area contributed by atoms with Gasteiger partial charge in [0.2, 0.25) is 0 Å². The molecule has 1 unspecified atom stereocenters. The highest BCUT2D eigenvalue weighted by molar-refractivity contribution is 6.17. The molecule has 0 amide bonds. The molecule has 0 aliphatic carbocycles. The zero-order chi connectivity index (χ0) is 35.8. The van der Waals surface area contributed by atoms with Crippen molar-refractivity contribution in [3.8, 4) is 33.4 Å². The molecule has 3 nitrogen and oxygen atoms in total. The van der Waals surface area contributed by atoms with Crippen molar-refractivity contribution in [1.29, 1.82) is 0 Å². The molecule has 0 radical (unpaired) electrons. The van der Waals surface area contributed by atoms with Crippen molar-refractivity contribution in [2.24, 2.45) is 4.99 Å². The Hall–Kier alpha value is -6.97. The number of nitrogens with one attached hydrogen (secondary N) is 1. The fourth-order valence-electron chi connectivity index (χ4n) is 8.62. The van der Waals surface area contributed by atoms with E-state index in [-0.39, 0.29) is 0 Å². The number of aliphatic imine (C=N–C) groups is 1. The molecule has 0 fully saturated rings. The van der Waals surface area contributed by atoms with Crippen molar-refractivity contribution >= 4 is 55.2 Å². The summed E-state index contributed by atoms with van der Waals surface area (Å²) in [7, 11) is 0. The maximum absolute atomic E-state index is 5.29. The highest BCUT2D eigenvalue weighted by Gasteiger charge is 2.47. The molecule has 0 saturated heterocycles. The molecule has 1 atom stereocenters. The first-order chi connectivity index (χ1) is 26.6. The number of rotatable bonds is 4. The lowest BCUT2D eigenvalue weighted by Crippen LogP contribution is -2.51. The van der Waals surface area contributed by atoms with Crippen molar-refractivity contribution in [3.63, 3.8) is 0 Å². The zero-order valence-electron chi connectivity index (χ0n) is 29.8. The number of amidine groups is 1. The quantitative estimate of drug-likeness (QED) is 0.199. The fraction of sp³-hybridized carbons (Fsp3) is 0.0392. The van der Waals surface area contributed by atoms with Gasteiger partial charge in [-0.2, -0.15) is 0 Å². The summed E-state index contributed by atoms with van der Waals surface area (Å²) in [6.07, 6.45) is 0. The molecule has 1 N–H and O–H groups in total. The van der Waals surface area contributed by atoms with Gasteiger partial charge in [0.1, 0.15) is 11.5 Å². The Morgan fingerprint density at radius 3 is 1.46 bits per heavy atom. The predicted molar refractivity (Wildman–Crippen MR) is 228 cm³/mol. The van der Waals surface area contributed by atoms with Gasteiger partial charge in [-0.25, -0.2) is 4.99 Å². The molecule has 9 aromatic carbocycles. The van der Waals surface area contributed by atoms with Gasteiger partial charge in [-0.15, -0.1) is 0 Å². The third-order valence-corrected chi connectivity index (χ3v) is 11.4. The summed E-state index contributed by atoms with van der Waals surface area (Å²) in [5, 5.41) is 11.2. The van der Waals surface area contributed by atoms with Crippen LogP contribution in [0.15, 0.2) is 193 Å². The van der Waals surface area contributed by atoms with Gasteiger partial charge >= 0.3 is 0 Å². The van der Waals surface area contributed by atoms with Crippen molar-refractivity contribution in [3.05, 3.63) is 199 Å². The van der Waals surface area contributed by atoms with E-state index >= 15 is 0 Å². The van der Waals surface area contributed by atoms with Crippen molar-refractivity contribution in [1.82, 2.24) is 0 Å². The van der Waals surface area contributed by atoms with Crippen LogP contribution < -0.4 is 10.2 Å². The molecule has 0 aromatic heterocycles. The predicted octanol–water partition coefficient (Wildman–Crippen LogP) is 13.3. The van der Waals surface area contributed by atoms with Crippen LogP contribution in [0.2, 0.25) is 0 Å². The summed E-state index contributed by atoms with van der Waals surface area (Å²) in [6.45, 7) is 2.26. The van der Waals surface area contributed by atoms with Crippen LogP contribution in [0.5, 0.6) is 0 Å². The summed E-state index contributed by atoms with van der Waals surface area (Å²) in [5.41, 5.74) is 12.3. The summed E-state index contributed by atoms with van der Waals surface area (Å²) in [5.74, 6) is 0.947. The van der Waals surface area contributed by atoms with Crippen LogP contribution in [-0.4, -0.2) is 5.84 Å². The summed E-state index contributed by atoms with van der Waals surface area (Å²) in [4.78, 5) is 7.66. The van der Waals surface area contributed by atoms with E-state index in [1.165, 1.54) is 71.3 Å². The van der Waals surface area contributed by atoms with Crippen LogP contribution in [-0.2, 0) is 5.66 Å². The minimum absolute atomic E-state index is 0.449. The third-order valence-electron chi connectivity index (χ3n) is 11.4. The van der Waals surface area contributed by atoms with E-state index in [4.69, 9.17) is 4.99 Å². The van der Waals surface area contributed by atoms with Crippen LogP contribution in [0.4, 0.5) is 17.1 Å². The van der Waals surface area contributed by atoms with Gasteiger partial charge in [0.15, 0.2) is 0 Å². The minimum atomic E-state index is -0.449. The summed E-state index contributed by atoms with van der Waals surface area (Å²) < 4.78 is 0. The molecular formula is C51H35N3. The molecule has 11 rings (SSSR count). The van der Waals surface area contributed by atoms with Crippen molar-refractivity contribution in [2.45, 2.75) is 12.6 Å². The standard InChI is InChI=1S/C51H35N3/c1-51-46-14-6-7-15-47(46)52-50(54(51)49-17-9-8-16-48(49)53-51)42-25-24-37-28-41(23-22-38(37)29-42)45-31-43(39-20-18-33-10-2-4-12-35(33)26-39)30-44(32-45)40-21-19-34-11-3-5-13-36(34)27-40/h2-32,53H,1H3. The van der Waals surface area contributed by atoms with Crippen molar-refractivity contribution in [2.75, 3.05) is 10.2 Å². The van der Waals surface area contributed by atoms with Crippen LogP contribution in [0.3, 0.4) is 0 Å². The molecule has 0 saturated carbocycles. The van der Waals surface area contributed by atoms with E-state index in [1.807, 2.05) is 0 Å². The second kappa shape index (κ2) is 11.8. The first-order valence-electron chi connectivity index (χ1n) is 18.6. The Morgan fingerprint density at radius 1 is 0.407 bits per heavy atom. The zero-order valence-corrected chi connectivity index (χ0v) is 29.8. The Kier molecular flexibility index (Phi) is 6.68. The Balaban J connectivity index is 1.03. The normalized spacial score (nSPS) is 15.8. The first kappa shape index (κ1) is 30.6. The molecule has 54 heavy (non-hydrogen) atoms. The van der Waals surface area contributed by atoms with Gasteiger partial charge in [0.25, 0.3) is 0 Å². The fourth-order valence-corrected chi connectivity index (χ4v) is 8.62. The average Bonchev–Trinajstić information content (AvgIpc) is 3.55. The maximum atomic E-state index is 5.29. The summed E-state index contributed by atoms with van der Waals surface area (Å²) >= 11 is 0. The minimum Gasteiger partial charge on any atom is -0.357 e. The van der Waals surface area contributed by atoms with E-state index < -0.39 is 5.66 Å². The molecule has 254 valence electrons.